The second kappa shape index (κ2) is 13.8. The third kappa shape index (κ3) is 9.09. The summed E-state index contributed by atoms with van der Waals surface area (Å²) in [6, 6.07) is 11.2. The predicted molar refractivity (Wildman–Crippen MR) is 119 cm³/mol. The number of hydrogen-bond donors (Lipinski definition) is 3. The minimum atomic E-state index is -0.487. The lowest BCUT2D eigenvalue weighted by atomic mass is 10.2. The Morgan fingerprint density at radius 2 is 1.96 bits per heavy atom. The molecule has 1 aromatic carbocycles. The number of aliphatic imine (C=N–C) groups is 1. The summed E-state index contributed by atoms with van der Waals surface area (Å²) in [5.41, 5.74) is 1.75. The number of guanidine groups is 1. The molecule has 154 valence electrons. The molecule has 0 fully saturated rings. The van der Waals surface area contributed by atoms with Gasteiger partial charge in [-0.05, 0) is 36.2 Å². The van der Waals surface area contributed by atoms with Crippen molar-refractivity contribution in [1.82, 2.24) is 10.6 Å². The molecule has 0 aliphatic heterocycles. The summed E-state index contributed by atoms with van der Waals surface area (Å²) >= 11 is 0. The van der Waals surface area contributed by atoms with Gasteiger partial charge in [-0.3, -0.25) is 10.3 Å². The molecule has 0 spiro atoms. The van der Waals surface area contributed by atoms with Gasteiger partial charge in [0.1, 0.15) is 12.4 Å². The first kappa shape index (κ1) is 23.8. The van der Waals surface area contributed by atoms with Crippen LogP contribution in [0.4, 0.5) is 10.5 Å². The highest BCUT2D eigenvalue weighted by molar-refractivity contribution is 14.0. The van der Waals surface area contributed by atoms with E-state index in [4.69, 9.17) is 9.15 Å². The molecule has 1 aromatic heterocycles. The van der Waals surface area contributed by atoms with Gasteiger partial charge in [0.15, 0.2) is 5.96 Å². The molecule has 28 heavy (non-hydrogen) atoms. The van der Waals surface area contributed by atoms with Crippen molar-refractivity contribution in [3.63, 3.8) is 0 Å². The van der Waals surface area contributed by atoms with Crippen molar-refractivity contribution in [2.75, 3.05) is 32.6 Å². The van der Waals surface area contributed by atoms with Gasteiger partial charge in [-0.1, -0.05) is 12.1 Å². The Kier molecular flexibility index (Phi) is 11.7. The van der Waals surface area contributed by atoms with Crippen LogP contribution in [-0.2, 0) is 22.6 Å². The molecule has 0 atom stereocenters. The van der Waals surface area contributed by atoms with E-state index in [2.05, 4.69) is 25.7 Å². The topological polar surface area (TPSA) is 97.1 Å². The number of nitrogens with one attached hydrogen (secondary N) is 3. The van der Waals surface area contributed by atoms with Gasteiger partial charge in [0.05, 0.1) is 13.4 Å². The monoisotopic (exact) mass is 502 g/mol. The fourth-order valence-electron chi connectivity index (χ4n) is 2.23. The summed E-state index contributed by atoms with van der Waals surface area (Å²) in [5.74, 6) is 1.55. The lowest BCUT2D eigenvalue weighted by molar-refractivity contribution is 0.105. The lowest BCUT2D eigenvalue weighted by Gasteiger charge is -2.12. The maximum absolute atomic E-state index is 11.2. The quantitative estimate of drug-likeness (QED) is 0.211. The number of anilines is 1. The molecule has 8 nitrogen and oxygen atoms in total. The average Bonchev–Trinajstić information content (AvgIpc) is 3.21. The second-order valence-electron chi connectivity index (χ2n) is 5.65. The van der Waals surface area contributed by atoms with E-state index in [1.807, 2.05) is 36.4 Å². The van der Waals surface area contributed by atoms with Gasteiger partial charge in [0.25, 0.3) is 0 Å². The van der Waals surface area contributed by atoms with Crippen LogP contribution in [0.5, 0.6) is 0 Å². The van der Waals surface area contributed by atoms with Crippen LogP contribution in [0, 0.1) is 0 Å². The van der Waals surface area contributed by atoms with Crippen molar-refractivity contribution in [3.05, 3.63) is 54.0 Å². The highest BCUT2D eigenvalue weighted by Crippen LogP contribution is 2.09. The van der Waals surface area contributed by atoms with E-state index in [-0.39, 0.29) is 24.0 Å². The van der Waals surface area contributed by atoms with Crippen molar-refractivity contribution in [2.45, 2.75) is 19.6 Å². The molecular formula is C19H27IN4O4. The van der Waals surface area contributed by atoms with E-state index >= 15 is 0 Å². The number of amides is 1. The Morgan fingerprint density at radius 1 is 1.18 bits per heavy atom. The highest BCUT2D eigenvalue weighted by atomic mass is 127. The summed E-state index contributed by atoms with van der Waals surface area (Å²) in [6.45, 7) is 2.49. The smallest absolute Gasteiger partial charge is 0.411 e. The fraction of sp³-hybridized carbons (Fsp3) is 0.368. The minimum absolute atomic E-state index is 0. The zero-order chi connectivity index (χ0) is 19.3. The van der Waals surface area contributed by atoms with Crippen molar-refractivity contribution in [1.29, 1.82) is 0 Å². The molecule has 1 heterocycles. The molecule has 2 rings (SSSR count). The number of methoxy groups -OCH3 is 1. The van der Waals surface area contributed by atoms with Crippen LogP contribution in [-0.4, -0.2) is 39.4 Å². The van der Waals surface area contributed by atoms with Gasteiger partial charge >= 0.3 is 6.09 Å². The van der Waals surface area contributed by atoms with Gasteiger partial charge in [0, 0.05) is 32.4 Å². The third-order valence-corrected chi connectivity index (χ3v) is 3.65. The van der Waals surface area contributed by atoms with E-state index in [1.165, 1.54) is 7.11 Å². The van der Waals surface area contributed by atoms with E-state index in [0.29, 0.717) is 25.4 Å². The van der Waals surface area contributed by atoms with Gasteiger partial charge in [0.2, 0.25) is 0 Å². The molecule has 3 N–H and O–H groups in total. The number of furan rings is 1. The Labute approximate surface area is 182 Å². The summed E-state index contributed by atoms with van der Waals surface area (Å²) in [6.07, 6.45) is 2.01. The van der Waals surface area contributed by atoms with Gasteiger partial charge < -0.3 is 24.5 Å². The largest absolute Gasteiger partial charge is 0.467 e. The predicted octanol–water partition coefficient (Wildman–Crippen LogP) is 3.35. The Hall–Kier alpha value is -2.27. The van der Waals surface area contributed by atoms with Gasteiger partial charge in [-0.2, -0.15) is 0 Å². The van der Waals surface area contributed by atoms with Crippen LogP contribution < -0.4 is 16.0 Å². The van der Waals surface area contributed by atoms with Crippen molar-refractivity contribution in [2.24, 2.45) is 4.99 Å². The summed E-state index contributed by atoms with van der Waals surface area (Å²) < 4.78 is 15.3. The van der Waals surface area contributed by atoms with E-state index < -0.39 is 6.09 Å². The molecule has 0 radical (unpaired) electrons. The summed E-state index contributed by atoms with van der Waals surface area (Å²) in [7, 11) is 3.06. The zero-order valence-electron chi connectivity index (χ0n) is 16.1. The lowest BCUT2D eigenvalue weighted by Crippen LogP contribution is -2.37. The van der Waals surface area contributed by atoms with Gasteiger partial charge in [-0.15, -0.1) is 24.0 Å². The standard InChI is InChI=1S/C19H26N4O4.HI/c1-20-18(21-10-4-11-26-14-17-5-3-12-27-17)22-13-15-6-8-16(9-7-15)23-19(24)25-2;/h3,5-9,12H,4,10-11,13-14H2,1-2H3,(H,23,24)(H2,20,21,22);1H. The zero-order valence-corrected chi connectivity index (χ0v) is 18.4. The molecule has 0 aliphatic carbocycles. The van der Waals surface area contributed by atoms with Crippen LogP contribution in [0.1, 0.15) is 17.7 Å². The van der Waals surface area contributed by atoms with Crippen LogP contribution in [0.3, 0.4) is 0 Å². The first-order chi connectivity index (χ1) is 13.2. The molecule has 0 saturated heterocycles. The summed E-state index contributed by atoms with van der Waals surface area (Å²) in [4.78, 5) is 15.4. The number of carbonyl (C=O) groups is 1. The molecule has 0 unspecified atom stereocenters. The Balaban J connectivity index is 0.00000392. The highest BCUT2D eigenvalue weighted by Gasteiger charge is 2.02. The molecule has 9 heteroatoms. The van der Waals surface area contributed by atoms with E-state index in [1.54, 1.807) is 13.3 Å². The van der Waals surface area contributed by atoms with E-state index in [9.17, 15) is 4.79 Å². The number of ether oxygens (including phenoxy) is 2. The maximum atomic E-state index is 11.2. The number of hydrogen-bond acceptors (Lipinski definition) is 5. The van der Waals surface area contributed by atoms with Crippen LogP contribution in [0.2, 0.25) is 0 Å². The minimum Gasteiger partial charge on any atom is -0.467 e. The second-order valence-corrected chi connectivity index (χ2v) is 5.65. The molecular weight excluding hydrogens is 475 g/mol. The number of benzene rings is 1. The van der Waals surface area contributed by atoms with Crippen LogP contribution in [0.15, 0.2) is 52.1 Å². The Morgan fingerprint density at radius 3 is 2.61 bits per heavy atom. The molecule has 0 bridgehead atoms. The number of halogens is 1. The number of rotatable bonds is 9. The average molecular weight is 502 g/mol. The summed E-state index contributed by atoms with van der Waals surface area (Å²) in [5, 5.41) is 9.09. The van der Waals surface area contributed by atoms with Crippen molar-refractivity contribution >= 4 is 41.7 Å². The molecule has 0 saturated carbocycles. The van der Waals surface area contributed by atoms with E-state index in [0.717, 1.165) is 30.2 Å². The van der Waals surface area contributed by atoms with Gasteiger partial charge in [-0.25, -0.2) is 4.79 Å². The first-order valence-corrected chi connectivity index (χ1v) is 8.70. The normalized spacial score (nSPS) is 10.7. The molecule has 0 aliphatic rings. The van der Waals surface area contributed by atoms with Crippen molar-refractivity contribution in [3.8, 4) is 0 Å². The van der Waals surface area contributed by atoms with Crippen LogP contribution >= 0.6 is 24.0 Å². The maximum Gasteiger partial charge on any atom is 0.411 e. The SMILES string of the molecule is CN=C(NCCCOCc1ccco1)NCc1ccc(NC(=O)OC)cc1.I. The number of carbonyl (C=O) groups excluding carboxylic acids is 1. The molecule has 1 amide bonds. The number of nitrogens with zero attached hydrogens (tertiary/aromatic N) is 1. The van der Waals surface area contributed by atoms with Crippen LogP contribution in [0.25, 0.3) is 0 Å². The van der Waals surface area contributed by atoms with Crippen molar-refractivity contribution < 1.29 is 18.7 Å². The fourth-order valence-corrected chi connectivity index (χ4v) is 2.23. The molecule has 2 aromatic rings. The Bertz CT molecular complexity index is 705. The third-order valence-electron chi connectivity index (χ3n) is 3.65. The first-order valence-electron chi connectivity index (χ1n) is 8.70.